The fourth-order valence-corrected chi connectivity index (χ4v) is 1.41. The zero-order valence-electron chi connectivity index (χ0n) is 8.83. The van der Waals surface area contributed by atoms with E-state index in [1.807, 2.05) is 0 Å². The van der Waals surface area contributed by atoms with E-state index in [-0.39, 0.29) is 24.8 Å². The molecule has 0 N–H and O–H groups in total. The fourth-order valence-electron chi connectivity index (χ4n) is 1.05. The van der Waals surface area contributed by atoms with Crippen LogP contribution in [0.15, 0.2) is 22.7 Å². The van der Waals surface area contributed by atoms with Gasteiger partial charge >= 0.3 is 5.97 Å². The summed E-state index contributed by atoms with van der Waals surface area (Å²) in [5, 5.41) is 0. The van der Waals surface area contributed by atoms with Crippen LogP contribution in [-0.2, 0) is 9.53 Å². The highest BCUT2D eigenvalue weighted by atomic mass is 79.9. The monoisotopic (exact) mass is 290 g/mol. The van der Waals surface area contributed by atoms with Crippen molar-refractivity contribution in [2.45, 2.75) is 13.3 Å². The van der Waals surface area contributed by atoms with Crippen LogP contribution in [0.2, 0.25) is 0 Å². The SMILES string of the molecule is CCOC(=O)CCOc1ccc(F)c(Br)c1. The summed E-state index contributed by atoms with van der Waals surface area (Å²) in [5.74, 6) is -0.140. The predicted molar refractivity (Wildman–Crippen MR) is 60.8 cm³/mol. The number of carbonyl (C=O) groups is 1. The standard InChI is InChI=1S/C11H12BrFO3/c1-2-15-11(14)5-6-16-8-3-4-10(13)9(12)7-8/h3-4,7H,2,5-6H2,1H3. The van der Waals surface area contributed by atoms with Crippen molar-refractivity contribution in [2.75, 3.05) is 13.2 Å². The third kappa shape index (κ3) is 4.18. The number of esters is 1. The van der Waals surface area contributed by atoms with Gasteiger partial charge in [-0.1, -0.05) is 0 Å². The Morgan fingerprint density at radius 1 is 1.50 bits per heavy atom. The van der Waals surface area contributed by atoms with Crippen molar-refractivity contribution in [3.8, 4) is 5.75 Å². The van der Waals surface area contributed by atoms with Gasteiger partial charge in [-0.25, -0.2) is 4.39 Å². The van der Waals surface area contributed by atoms with Gasteiger partial charge in [-0.05, 0) is 41.1 Å². The molecule has 1 aromatic rings. The summed E-state index contributed by atoms with van der Waals surface area (Å²) in [6.07, 6.45) is 0.183. The highest BCUT2D eigenvalue weighted by molar-refractivity contribution is 9.10. The van der Waals surface area contributed by atoms with E-state index in [0.29, 0.717) is 16.8 Å². The lowest BCUT2D eigenvalue weighted by atomic mass is 10.3. The first-order valence-corrected chi connectivity index (χ1v) is 5.66. The summed E-state index contributed by atoms with van der Waals surface area (Å²) in [6, 6.07) is 4.31. The molecule has 5 heteroatoms. The minimum Gasteiger partial charge on any atom is -0.493 e. The second kappa shape index (κ2) is 6.48. The Bertz CT molecular complexity index is 368. The molecule has 0 atom stereocenters. The Kier molecular flexibility index (Phi) is 5.25. The van der Waals surface area contributed by atoms with Gasteiger partial charge < -0.3 is 9.47 Å². The van der Waals surface area contributed by atoms with E-state index >= 15 is 0 Å². The second-order valence-electron chi connectivity index (χ2n) is 2.98. The molecular formula is C11H12BrFO3. The Morgan fingerprint density at radius 2 is 2.25 bits per heavy atom. The van der Waals surface area contributed by atoms with Crippen molar-refractivity contribution in [3.63, 3.8) is 0 Å². The van der Waals surface area contributed by atoms with E-state index in [9.17, 15) is 9.18 Å². The maximum absolute atomic E-state index is 12.9. The molecule has 0 aliphatic heterocycles. The van der Waals surface area contributed by atoms with Crippen LogP contribution in [0.1, 0.15) is 13.3 Å². The average molecular weight is 291 g/mol. The normalized spacial score (nSPS) is 9.94. The van der Waals surface area contributed by atoms with Gasteiger partial charge in [0.05, 0.1) is 24.1 Å². The average Bonchev–Trinajstić information content (AvgIpc) is 2.24. The summed E-state index contributed by atoms with van der Waals surface area (Å²) >= 11 is 3.05. The van der Waals surface area contributed by atoms with Crippen molar-refractivity contribution in [1.82, 2.24) is 0 Å². The number of halogens is 2. The van der Waals surface area contributed by atoms with E-state index in [1.54, 1.807) is 6.92 Å². The van der Waals surface area contributed by atoms with E-state index in [1.165, 1.54) is 18.2 Å². The minimum absolute atomic E-state index is 0.183. The number of benzene rings is 1. The molecule has 0 aliphatic rings. The molecular weight excluding hydrogens is 279 g/mol. The molecule has 0 aliphatic carbocycles. The highest BCUT2D eigenvalue weighted by Gasteiger charge is 2.04. The highest BCUT2D eigenvalue weighted by Crippen LogP contribution is 2.21. The molecule has 0 aromatic heterocycles. The number of ether oxygens (including phenoxy) is 2. The van der Waals surface area contributed by atoms with Crippen LogP contribution in [0.3, 0.4) is 0 Å². The lowest BCUT2D eigenvalue weighted by Crippen LogP contribution is -2.09. The quantitative estimate of drug-likeness (QED) is 0.782. The Morgan fingerprint density at radius 3 is 2.88 bits per heavy atom. The van der Waals surface area contributed by atoms with Crippen LogP contribution in [0.4, 0.5) is 4.39 Å². The van der Waals surface area contributed by atoms with E-state index in [2.05, 4.69) is 15.9 Å². The maximum atomic E-state index is 12.9. The Hall–Kier alpha value is -1.10. The molecule has 1 aromatic carbocycles. The molecule has 0 fully saturated rings. The van der Waals surface area contributed by atoms with E-state index < -0.39 is 0 Å². The molecule has 0 amide bonds. The van der Waals surface area contributed by atoms with Gasteiger partial charge in [0.1, 0.15) is 11.6 Å². The predicted octanol–water partition coefficient (Wildman–Crippen LogP) is 2.92. The summed E-state index contributed by atoms with van der Waals surface area (Å²) in [5.41, 5.74) is 0. The molecule has 0 saturated carbocycles. The van der Waals surface area contributed by atoms with E-state index in [4.69, 9.17) is 9.47 Å². The van der Waals surface area contributed by atoms with Crippen molar-refractivity contribution in [1.29, 1.82) is 0 Å². The van der Waals surface area contributed by atoms with Crippen LogP contribution in [0.5, 0.6) is 5.75 Å². The van der Waals surface area contributed by atoms with Crippen LogP contribution < -0.4 is 4.74 Å². The lowest BCUT2D eigenvalue weighted by Gasteiger charge is -2.06. The summed E-state index contributed by atoms with van der Waals surface area (Å²) < 4.78 is 23.2. The number of carbonyl (C=O) groups excluding carboxylic acids is 1. The molecule has 3 nitrogen and oxygen atoms in total. The smallest absolute Gasteiger partial charge is 0.309 e. The minimum atomic E-state index is -0.349. The molecule has 0 bridgehead atoms. The van der Waals surface area contributed by atoms with Crippen LogP contribution in [0, 0.1) is 5.82 Å². The van der Waals surface area contributed by atoms with Gasteiger partial charge in [0.25, 0.3) is 0 Å². The van der Waals surface area contributed by atoms with Gasteiger partial charge in [0.15, 0.2) is 0 Å². The first-order valence-electron chi connectivity index (χ1n) is 4.87. The zero-order chi connectivity index (χ0) is 12.0. The van der Waals surface area contributed by atoms with E-state index in [0.717, 1.165) is 0 Å². The Balaban J connectivity index is 2.37. The molecule has 0 radical (unpaired) electrons. The lowest BCUT2D eigenvalue weighted by molar-refractivity contribution is -0.143. The summed E-state index contributed by atoms with van der Waals surface area (Å²) in [7, 11) is 0. The number of rotatable bonds is 5. The zero-order valence-corrected chi connectivity index (χ0v) is 10.4. The van der Waals surface area contributed by atoms with Gasteiger partial charge in [0, 0.05) is 0 Å². The van der Waals surface area contributed by atoms with Gasteiger partial charge in [0.2, 0.25) is 0 Å². The molecule has 0 heterocycles. The molecule has 0 unspecified atom stereocenters. The third-order valence-electron chi connectivity index (χ3n) is 1.77. The topological polar surface area (TPSA) is 35.5 Å². The van der Waals surface area contributed by atoms with Crippen LogP contribution in [0.25, 0.3) is 0 Å². The summed E-state index contributed by atoms with van der Waals surface area (Å²) in [6.45, 7) is 2.33. The summed E-state index contributed by atoms with van der Waals surface area (Å²) in [4.78, 5) is 11.0. The molecule has 0 spiro atoms. The molecule has 16 heavy (non-hydrogen) atoms. The van der Waals surface area contributed by atoms with Gasteiger partial charge in [-0.15, -0.1) is 0 Å². The van der Waals surface area contributed by atoms with Gasteiger partial charge in [-0.2, -0.15) is 0 Å². The van der Waals surface area contributed by atoms with Crippen molar-refractivity contribution in [2.24, 2.45) is 0 Å². The van der Waals surface area contributed by atoms with Crippen molar-refractivity contribution in [3.05, 3.63) is 28.5 Å². The van der Waals surface area contributed by atoms with Crippen LogP contribution >= 0.6 is 15.9 Å². The third-order valence-corrected chi connectivity index (χ3v) is 2.38. The van der Waals surface area contributed by atoms with Crippen LogP contribution in [-0.4, -0.2) is 19.2 Å². The first-order chi connectivity index (χ1) is 7.63. The molecule has 88 valence electrons. The number of hydrogen-bond donors (Lipinski definition) is 0. The molecule has 0 saturated heterocycles. The number of hydrogen-bond acceptors (Lipinski definition) is 3. The van der Waals surface area contributed by atoms with Gasteiger partial charge in [-0.3, -0.25) is 4.79 Å². The largest absolute Gasteiger partial charge is 0.493 e. The van der Waals surface area contributed by atoms with Crippen molar-refractivity contribution < 1.29 is 18.7 Å². The first kappa shape index (κ1) is 13.0. The second-order valence-corrected chi connectivity index (χ2v) is 3.83. The van der Waals surface area contributed by atoms with Crippen molar-refractivity contribution >= 4 is 21.9 Å². The maximum Gasteiger partial charge on any atom is 0.309 e. The Labute approximate surface area is 102 Å². The fraction of sp³-hybridized carbons (Fsp3) is 0.364. The molecule has 1 rings (SSSR count).